The van der Waals surface area contributed by atoms with E-state index in [1.54, 1.807) is 36.4 Å². The van der Waals surface area contributed by atoms with E-state index < -0.39 is 21.4 Å². The topological polar surface area (TPSA) is 147 Å². The normalized spacial score (nSPS) is 16.1. The van der Waals surface area contributed by atoms with E-state index in [0.717, 1.165) is 0 Å². The smallest absolute Gasteiger partial charge is 0.243 e. The fourth-order valence-electron chi connectivity index (χ4n) is 4.28. The molecule has 200 valence electrons. The second-order valence-electron chi connectivity index (χ2n) is 8.55. The number of nitrogens with zero attached hydrogens (tertiary/aromatic N) is 4. The highest BCUT2D eigenvalue weighted by Crippen LogP contribution is 2.38. The molecule has 0 bridgehead atoms. The third-order valence-corrected chi connectivity index (χ3v) is 8.13. The molecule has 2 N–H and O–H groups in total. The Bertz CT molecular complexity index is 1300. The number of hydrogen-bond donors (Lipinski definition) is 2. The lowest BCUT2D eigenvalue weighted by atomic mass is 9.92. The van der Waals surface area contributed by atoms with E-state index >= 15 is 0 Å². The number of benzene rings is 1. The van der Waals surface area contributed by atoms with Crippen LogP contribution in [0, 0.1) is 5.92 Å². The van der Waals surface area contributed by atoms with Crippen molar-refractivity contribution >= 4 is 16.0 Å². The first-order valence-electron chi connectivity index (χ1n) is 11.8. The first-order chi connectivity index (χ1) is 17.8. The summed E-state index contributed by atoms with van der Waals surface area (Å²) < 4.78 is 52.6. The molecule has 1 aliphatic heterocycles. The SMILES string of the molecule is COc1cccc(-c2nnc(NS(=O)(=O)[C@H](C)[C@H](O)C3CCOCC3)n2-c2c(OC)cccc2OC)n1. The summed E-state index contributed by atoms with van der Waals surface area (Å²) in [6.45, 7) is 2.44. The van der Waals surface area contributed by atoms with Crippen LogP contribution < -0.4 is 18.9 Å². The predicted molar refractivity (Wildman–Crippen MR) is 136 cm³/mol. The first kappa shape index (κ1) is 26.6. The van der Waals surface area contributed by atoms with Gasteiger partial charge in [-0.05, 0) is 43.9 Å². The maximum absolute atomic E-state index is 13.4. The molecule has 12 nitrogen and oxygen atoms in total. The summed E-state index contributed by atoms with van der Waals surface area (Å²) in [6.07, 6.45) is 0.0841. The Morgan fingerprint density at radius 1 is 1.03 bits per heavy atom. The number of nitrogens with one attached hydrogen (secondary N) is 1. The van der Waals surface area contributed by atoms with Gasteiger partial charge in [0, 0.05) is 19.3 Å². The lowest BCUT2D eigenvalue weighted by molar-refractivity contribution is 0.00820. The number of aliphatic hydroxyl groups excluding tert-OH is 1. The van der Waals surface area contributed by atoms with E-state index in [9.17, 15) is 13.5 Å². The fourth-order valence-corrected chi connectivity index (χ4v) is 5.44. The Kier molecular flexibility index (Phi) is 8.15. The molecule has 0 saturated carbocycles. The molecule has 0 aliphatic carbocycles. The van der Waals surface area contributed by atoms with Crippen LogP contribution >= 0.6 is 0 Å². The van der Waals surface area contributed by atoms with Gasteiger partial charge < -0.3 is 24.1 Å². The summed E-state index contributed by atoms with van der Waals surface area (Å²) in [6, 6.07) is 10.3. The minimum atomic E-state index is -4.10. The number of sulfonamides is 1. The average molecular weight is 534 g/mol. The van der Waals surface area contributed by atoms with Crippen molar-refractivity contribution < 1.29 is 32.5 Å². The zero-order valence-electron chi connectivity index (χ0n) is 21.1. The van der Waals surface area contributed by atoms with Crippen LogP contribution in [0.1, 0.15) is 19.8 Å². The standard InChI is InChI=1S/C24H31N5O7S/c1-15(22(30)16-11-13-36-14-12-16)37(31,32)28-24-27-26-23(17-7-5-10-20(25-17)35-4)29(24)21-18(33-2)8-6-9-19(21)34-3/h5-10,15-16,22,30H,11-14H2,1-4H3,(H,27,28)/t15-,22+/m1/s1. The maximum atomic E-state index is 13.4. The number of para-hydroxylation sites is 1. The summed E-state index contributed by atoms with van der Waals surface area (Å²) in [7, 11) is 0.363. The van der Waals surface area contributed by atoms with E-state index in [2.05, 4.69) is 19.9 Å². The monoisotopic (exact) mass is 533 g/mol. The van der Waals surface area contributed by atoms with Gasteiger partial charge in [-0.15, -0.1) is 10.2 Å². The first-order valence-corrected chi connectivity index (χ1v) is 13.3. The van der Waals surface area contributed by atoms with Crippen molar-refractivity contribution in [1.82, 2.24) is 19.7 Å². The Morgan fingerprint density at radius 2 is 1.68 bits per heavy atom. The highest BCUT2D eigenvalue weighted by atomic mass is 32.2. The zero-order chi connectivity index (χ0) is 26.6. The largest absolute Gasteiger partial charge is 0.494 e. The summed E-state index contributed by atoms with van der Waals surface area (Å²) >= 11 is 0. The van der Waals surface area contributed by atoms with Gasteiger partial charge in [0.1, 0.15) is 28.1 Å². The van der Waals surface area contributed by atoms with E-state index in [0.29, 0.717) is 54.8 Å². The van der Waals surface area contributed by atoms with E-state index in [1.807, 2.05) is 0 Å². The van der Waals surface area contributed by atoms with Crippen molar-refractivity contribution in [2.45, 2.75) is 31.1 Å². The molecular formula is C24H31N5O7S. The number of pyridine rings is 1. The second kappa shape index (κ2) is 11.3. The Hall–Kier alpha value is -3.42. The van der Waals surface area contributed by atoms with Crippen molar-refractivity contribution in [1.29, 1.82) is 0 Å². The van der Waals surface area contributed by atoms with Gasteiger partial charge in [0.25, 0.3) is 0 Å². The van der Waals surface area contributed by atoms with Crippen molar-refractivity contribution in [2.75, 3.05) is 39.3 Å². The van der Waals surface area contributed by atoms with Crippen LogP contribution in [-0.2, 0) is 14.8 Å². The molecule has 37 heavy (non-hydrogen) atoms. The Balaban J connectivity index is 1.81. The molecule has 13 heteroatoms. The third-order valence-electron chi connectivity index (χ3n) is 6.40. The molecule has 2 atom stereocenters. The molecule has 0 amide bonds. The Morgan fingerprint density at radius 3 is 2.30 bits per heavy atom. The average Bonchev–Trinajstić information content (AvgIpc) is 3.34. The highest BCUT2D eigenvalue weighted by molar-refractivity contribution is 7.93. The molecular weight excluding hydrogens is 502 g/mol. The molecule has 4 rings (SSSR count). The second-order valence-corrected chi connectivity index (χ2v) is 10.6. The number of ether oxygens (including phenoxy) is 4. The summed E-state index contributed by atoms with van der Waals surface area (Å²) in [5.41, 5.74) is 0.744. The lowest BCUT2D eigenvalue weighted by Gasteiger charge is -2.30. The molecule has 0 spiro atoms. The van der Waals surface area contributed by atoms with Crippen LogP contribution in [-0.4, -0.2) is 79.2 Å². The van der Waals surface area contributed by atoms with E-state index in [1.165, 1.54) is 32.8 Å². The van der Waals surface area contributed by atoms with Gasteiger partial charge in [-0.2, -0.15) is 0 Å². The third kappa shape index (κ3) is 5.48. The van der Waals surface area contributed by atoms with Crippen molar-refractivity contribution in [2.24, 2.45) is 5.92 Å². The number of methoxy groups -OCH3 is 3. The van der Waals surface area contributed by atoms with Crippen LogP contribution in [0.25, 0.3) is 17.2 Å². The molecule has 3 heterocycles. The molecule has 1 saturated heterocycles. The minimum Gasteiger partial charge on any atom is -0.494 e. The van der Waals surface area contributed by atoms with Gasteiger partial charge in [0.05, 0.1) is 27.4 Å². The minimum absolute atomic E-state index is 0.117. The van der Waals surface area contributed by atoms with E-state index in [4.69, 9.17) is 18.9 Å². The van der Waals surface area contributed by atoms with Gasteiger partial charge in [0.2, 0.25) is 21.9 Å². The van der Waals surface area contributed by atoms with Crippen LogP contribution in [0.3, 0.4) is 0 Å². The van der Waals surface area contributed by atoms with Gasteiger partial charge in [-0.1, -0.05) is 12.1 Å². The van der Waals surface area contributed by atoms with Crippen LogP contribution in [0.15, 0.2) is 36.4 Å². The number of anilines is 1. The molecule has 1 fully saturated rings. The summed E-state index contributed by atoms with van der Waals surface area (Å²) in [5.74, 6) is 1.03. The van der Waals surface area contributed by atoms with Crippen molar-refractivity contribution in [3.63, 3.8) is 0 Å². The zero-order valence-corrected chi connectivity index (χ0v) is 21.9. The molecule has 3 aromatic rings. The molecule has 0 radical (unpaired) electrons. The van der Waals surface area contributed by atoms with Gasteiger partial charge in [-0.25, -0.2) is 13.4 Å². The lowest BCUT2D eigenvalue weighted by Crippen LogP contribution is -2.42. The van der Waals surface area contributed by atoms with Crippen LogP contribution in [0.5, 0.6) is 17.4 Å². The van der Waals surface area contributed by atoms with Gasteiger partial charge in [0.15, 0.2) is 5.82 Å². The maximum Gasteiger partial charge on any atom is 0.243 e. The number of hydrogen-bond acceptors (Lipinski definition) is 10. The summed E-state index contributed by atoms with van der Waals surface area (Å²) in [5, 5.41) is 18.1. The number of aliphatic hydroxyl groups is 1. The molecule has 1 aromatic carbocycles. The molecule has 0 unspecified atom stereocenters. The number of rotatable bonds is 10. The van der Waals surface area contributed by atoms with Crippen LogP contribution in [0.2, 0.25) is 0 Å². The van der Waals surface area contributed by atoms with Gasteiger partial charge in [-0.3, -0.25) is 9.29 Å². The summed E-state index contributed by atoms with van der Waals surface area (Å²) in [4.78, 5) is 4.44. The molecule has 2 aromatic heterocycles. The number of aromatic nitrogens is 4. The van der Waals surface area contributed by atoms with Crippen molar-refractivity contribution in [3.05, 3.63) is 36.4 Å². The predicted octanol–water partition coefficient (Wildman–Crippen LogP) is 2.27. The quantitative estimate of drug-likeness (QED) is 0.398. The van der Waals surface area contributed by atoms with Gasteiger partial charge >= 0.3 is 0 Å². The van der Waals surface area contributed by atoms with Crippen molar-refractivity contribution in [3.8, 4) is 34.6 Å². The molecule has 1 aliphatic rings. The fraction of sp³-hybridized carbons (Fsp3) is 0.458. The highest BCUT2D eigenvalue weighted by Gasteiger charge is 2.36. The van der Waals surface area contributed by atoms with Crippen LogP contribution in [0.4, 0.5) is 5.95 Å². The van der Waals surface area contributed by atoms with E-state index in [-0.39, 0.29) is 17.7 Å². The Labute approximate surface area is 215 Å².